The SMILES string of the molecule is CC(CCl)Sc1nccn2nccc12. The van der Waals surface area contributed by atoms with Crippen molar-refractivity contribution in [3.8, 4) is 0 Å². The Bertz CT molecular complexity index is 429. The zero-order chi connectivity index (χ0) is 9.97. The number of nitrogens with zero attached hydrogens (tertiary/aromatic N) is 3. The third-order valence-corrected chi connectivity index (χ3v) is 3.57. The number of rotatable bonds is 3. The minimum atomic E-state index is 0.366. The number of halogens is 1. The van der Waals surface area contributed by atoms with Crippen molar-refractivity contribution in [1.82, 2.24) is 14.6 Å². The molecular formula is C9H10ClN3S. The van der Waals surface area contributed by atoms with Crippen LogP contribution in [0.2, 0.25) is 0 Å². The Morgan fingerprint density at radius 2 is 2.43 bits per heavy atom. The van der Waals surface area contributed by atoms with Crippen molar-refractivity contribution < 1.29 is 0 Å². The summed E-state index contributed by atoms with van der Waals surface area (Å²) in [6.45, 7) is 2.08. The van der Waals surface area contributed by atoms with Gasteiger partial charge in [-0.05, 0) is 6.07 Å². The van der Waals surface area contributed by atoms with Gasteiger partial charge in [0.2, 0.25) is 0 Å². The van der Waals surface area contributed by atoms with Gasteiger partial charge in [0.15, 0.2) is 0 Å². The summed E-state index contributed by atoms with van der Waals surface area (Å²) in [7, 11) is 0. The largest absolute Gasteiger partial charge is 0.246 e. The predicted molar refractivity (Wildman–Crippen MR) is 59.0 cm³/mol. The summed E-state index contributed by atoms with van der Waals surface area (Å²) in [5.41, 5.74) is 1.04. The van der Waals surface area contributed by atoms with Crippen molar-refractivity contribution in [3.05, 3.63) is 24.7 Å². The highest BCUT2D eigenvalue weighted by Gasteiger charge is 2.08. The van der Waals surface area contributed by atoms with Crippen LogP contribution in [0.3, 0.4) is 0 Å². The van der Waals surface area contributed by atoms with Crippen LogP contribution in [0.5, 0.6) is 0 Å². The van der Waals surface area contributed by atoms with Crippen LogP contribution >= 0.6 is 23.4 Å². The zero-order valence-corrected chi connectivity index (χ0v) is 9.29. The maximum Gasteiger partial charge on any atom is 0.122 e. The molecule has 14 heavy (non-hydrogen) atoms. The lowest BCUT2D eigenvalue weighted by Gasteiger charge is -2.06. The summed E-state index contributed by atoms with van der Waals surface area (Å²) < 4.78 is 1.82. The van der Waals surface area contributed by atoms with E-state index in [1.54, 1.807) is 24.2 Å². The van der Waals surface area contributed by atoms with E-state index in [9.17, 15) is 0 Å². The lowest BCUT2D eigenvalue weighted by atomic mass is 10.5. The van der Waals surface area contributed by atoms with Crippen LogP contribution in [-0.4, -0.2) is 25.7 Å². The van der Waals surface area contributed by atoms with Gasteiger partial charge in [0.1, 0.15) is 5.03 Å². The first-order valence-electron chi connectivity index (χ1n) is 4.32. The van der Waals surface area contributed by atoms with Gasteiger partial charge in [0, 0.05) is 23.5 Å². The van der Waals surface area contributed by atoms with Crippen LogP contribution in [0.4, 0.5) is 0 Å². The van der Waals surface area contributed by atoms with Crippen molar-refractivity contribution in [2.24, 2.45) is 0 Å². The molecule has 0 saturated heterocycles. The molecule has 2 aromatic rings. The zero-order valence-electron chi connectivity index (χ0n) is 7.72. The Labute approximate surface area is 91.5 Å². The molecule has 0 amide bonds. The van der Waals surface area contributed by atoms with E-state index in [2.05, 4.69) is 17.0 Å². The molecule has 74 valence electrons. The van der Waals surface area contributed by atoms with Crippen LogP contribution < -0.4 is 0 Å². The van der Waals surface area contributed by atoms with E-state index in [-0.39, 0.29) is 0 Å². The lowest BCUT2D eigenvalue weighted by Crippen LogP contribution is -1.99. The highest BCUT2D eigenvalue weighted by Crippen LogP contribution is 2.25. The number of alkyl halides is 1. The fraction of sp³-hybridized carbons (Fsp3) is 0.333. The molecule has 0 radical (unpaired) electrons. The van der Waals surface area contributed by atoms with Gasteiger partial charge < -0.3 is 0 Å². The summed E-state index contributed by atoms with van der Waals surface area (Å²) in [5, 5.41) is 5.49. The van der Waals surface area contributed by atoms with E-state index in [0.29, 0.717) is 11.1 Å². The second kappa shape index (κ2) is 4.19. The standard InChI is InChI=1S/C9H10ClN3S/c1-7(6-10)14-9-8-2-3-12-13(8)5-4-11-9/h2-5,7H,6H2,1H3. The van der Waals surface area contributed by atoms with E-state index in [0.717, 1.165) is 10.5 Å². The van der Waals surface area contributed by atoms with Crippen LogP contribution in [-0.2, 0) is 0 Å². The summed E-state index contributed by atoms with van der Waals surface area (Å²) >= 11 is 7.43. The van der Waals surface area contributed by atoms with Crippen molar-refractivity contribution in [2.45, 2.75) is 17.2 Å². The third kappa shape index (κ3) is 1.86. The van der Waals surface area contributed by atoms with E-state index < -0.39 is 0 Å². The molecule has 0 fully saturated rings. The third-order valence-electron chi connectivity index (χ3n) is 1.82. The van der Waals surface area contributed by atoms with E-state index in [4.69, 9.17) is 11.6 Å². The highest BCUT2D eigenvalue weighted by molar-refractivity contribution is 8.00. The fourth-order valence-corrected chi connectivity index (χ4v) is 2.18. The molecule has 0 aliphatic rings. The van der Waals surface area contributed by atoms with Gasteiger partial charge in [-0.2, -0.15) is 5.10 Å². The molecule has 0 aromatic carbocycles. The second-order valence-corrected chi connectivity index (χ2v) is 4.71. The summed E-state index contributed by atoms with van der Waals surface area (Å²) in [4.78, 5) is 4.31. The minimum absolute atomic E-state index is 0.366. The Balaban J connectivity index is 2.36. The van der Waals surface area contributed by atoms with Crippen LogP contribution in [0, 0.1) is 0 Å². The van der Waals surface area contributed by atoms with Gasteiger partial charge in [0.25, 0.3) is 0 Å². The van der Waals surface area contributed by atoms with Crippen molar-refractivity contribution in [2.75, 3.05) is 5.88 Å². The average molecular weight is 228 g/mol. The van der Waals surface area contributed by atoms with Gasteiger partial charge >= 0.3 is 0 Å². The summed E-state index contributed by atoms with van der Waals surface area (Å²) in [5.74, 6) is 0.627. The molecule has 5 heteroatoms. The lowest BCUT2D eigenvalue weighted by molar-refractivity contribution is 0.915. The second-order valence-electron chi connectivity index (χ2n) is 2.98. The van der Waals surface area contributed by atoms with Crippen LogP contribution in [0.25, 0.3) is 5.52 Å². The number of thioether (sulfide) groups is 1. The van der Waals surface area contributed by atoms with Gasteiger partial charge in [0.05, 0.1) is 11.7 Å². The summed E-state index contributed by atoms with van der Waals surface area (Å²) in [6.07, 6.45) is 5.36. The van der Waals surface area contributed by atoms with Gasteiger partial charge in [-0.15, -0.1) is 11.6 Å². The van der Waals surface area contributed by atoms with E-state index in [1.165, 1.54) is 0 Å². The molecule has 2 rings (SSSR count). The highest BCUT2D eigenvalue weighted by atomic mass is 35.5. The molecule has 0 aliphatic heterocycles. The fourth-order valence-electron chi connectivity index (χ4n) is 1.15. The Morgan fingerprint density at radius 3 is 3.21 bits per heavy atom. The smallest absolute Gasteiger partial charge is 0.122 e. The van der Waals surface area contributed by atoms with Crippen molar-refractivity contribution in [1.29, 1.82) is 0 Å². The van der Waals surface area contributed by atoms with Gasteiger partial charge in [-0.1, -0.05) is 18.7 Å². The molecule has 0 bridgehead atoms. The first kappa shape index (κ1) is 9.80. The topological polar surface area (TPSA) is 30.2 Å². The molecule has 2 aromatic heterocycles. The van der Waals surface area contributed by atoms with E-state index >= 15 is 0 Å². The molecule has 0 N–H and O–H groups in total. The molecule has 1 atom stereocenters. The summed E-state index contributed by atoms with van der Waals surface area (Å²) in [6, 6.07) is 1.95. The molecule has 2 heterocycles. The first-order valence-corrected chi connectivity index (χ1v) is 5.73. The number of aromatic nitrogens is 3. The van der Waals surface area contributed by atoms with E-state index in [1.807, 2.05) is 16.8 Å². The molecule has 3 nitrogen and oxygen atoms in total. The minimum Gasteiger partial charge on any atom is -0.246 e. The number of hydrogen-bond acceptors (Lipinski definition) is 3. The van der Waals surface area contributed by atoms with Gasteiger partial charge in [-0.25, -0.2) is 9.50 Å². The Morgan fingerprint density at radius 1 is 1.57 bits per heavy atom. The molecule has 1 unspecified atom stereocenters. The normalized spacial score (nSPS) is 13.3. The van der Waals surface area contributed by atoms with Crippen molar-refractivity contribution in [3.63, 3.8) is 0 Å². The monoisotopic (exact) mass is 227 g/mol. The molecule has 0 saturated carbocycles. The Kier molecular flexibility index (Phi) is 2.93. The predicted octanol–water partition coefficient (Wildman–Crippen LogP) is 2.45. The maximum atomic E-state index is 5.76. The van der Waals surface area contributed by atoms with Crippen molar-refractivity contribution >= 4 is 28.9 Å². The average Bonchev–Trinajstić information content (AvgIpc) is 2.66. The molecule has 0 aliphatic carbocycles. The van der Waals surface area contributed by atoms with Gasteiger partial charge in [-0.3, -0.25) is 0 Å². The van der Waals surface area contributed by atoms with Crippen LogP contribution in [0.1, 0.15) is 6.92 Å². The Hall–Kier alpha value is -0.740. The first-order chi connectivity index (χ1) is 6.81. The van der Waals surface area contributed by atoms with Crippen LogP contribution in [0.15, 0.2) is 29.7 Å². The quantitative estimate of drug-likeness (QED) is 0.596. The number of fused-ring (bicyclic) bond motifs is 1. The maximum absolute atomic E-state index is 5.76. The molecular weight excluding hydrogens is 218 g/mol. The number of hydrogen-bond donors (Lipinski definition) is 0. The molecule has 0 spiro atoms.